The zero-order valence-electron chi connectivity index (χ0n) is 14.7. The van der Waals surface area contributed by atoms with E-state index < -0.39 is 6.10 Å². The molecule has 138 valence electrons. The molecule has 1 fully saturated rings. The molecule has 2 aromatic rings. The highest BCUT2D eigenvalue weighted by Gasteiger charge is 2.31. The van der Waals surface area contributed by atoms with E-state index in [1.165, 1.54) is 0 Å². The molecule has 0 aliphatic carbocycles. The summed E-state index contributed by atoms with van der Waals surface area (Å²) < 4.78 is 10.9. The second-order valence-electron chi connectivity index (χ2n) is 6.30. The average Bonchev–Trinajstić information content (AvgIpc) is 3.16. The number of carbonyl (C=O) groups excluding carboxylic acids is 1. The van der Waals surface area contributed by atoms with Crippen LogP contribution < -0.4 is 15.8 Å². The van der Waals surface area contributed by atoms with Crippen molar-refractivity contribution < 1.29 is 14.3 Å². The second kappa shape index (κ2) is 8.54. The fourth-order valence-corrected chi connectivity index (χ4v) is 3.40. The van der Waals surface area contributed by atoms with Gasteiger partial charge in [-0.2, -0.15) is 0 Å². The van der Waals surface area contributed by atoms with Crippen LogP contribution in [-0.4, -0.2) is 31.8 Å². The van der Waals surface area contributed by atoms with Gasteiger partial charge < -0.3 is 20.5 Å². The summed E-state index contributed by atoms with van der Waals surface area (Å²) in [7, 11) is 1.62. The third-order valence-corrected chi connectivity index (χ3v) is 4.96. The summed E-state index contributed by atoms with van der Waals surface area (Å²) in [5.74, 6) is 0.601. The highest BCUT2D eigenvalue weighted by Crippen LogP contribution is 2.30. The van der Waals surface area contributed by atoms with Crippen LogP contribution in [0.3, 0.4) is 0 Å². The predicted molar refractivity (Wildman–Crippen MR) is 101 cm³/mol. The van der Waals surface area contributed by atoms with Crippen LogP contribution in [0.1, 0.15) is 30.0 Å². The van der Waals surface area contributed by atoms with Gasteiger partial charge in [-0.1, -0.05) is 41.9 Å². The summed E-state index contributed by atoms with van der Waals surface area (Å²) in [4.78, 5) is 12.8. The van der Waals surface area contributed by atoms with Crippen LogP contribution >= 0.6 is 11.6 Å². The molecule has 0 saturated carbocycles. The predicted octanol–water partition coefficient (Wildman–Crippen LogP) is 3.06. The standard InChI is InChI=1S/C20H23ClN2O3/c1-25-14-8-6-13(7-9-14)19(16-4-2-3-5-17(16)21)23-20(24)18-11-10-15(12-22)26-18/h2-9,15,18-19H,10-12,22H2,1H3,(H,23,24)/t15-,18+,19?/m1/s1. The van der Waals surface area contributed by atoms with Gasteiger partial charge in [-0.25, -0.2) is 0 Å². The van der Waals surface area contributed by atoms with Gasteiger partial charge in [0.1, 0.15) is 11.9 Å². The number of methoxy groups -OCH3 is 1. The Kier molecular flexibility index (Phi) is 6.14. The third-order valence-electron chi connectivity index (χ3n) is 4.61. The first-order chi connectivity index (χ1) is 12.6. The van der Waals surface area contributed by atoms with Crippen LogP contribution in [0.4, 0.5) is 0 Å². The Bertz CT molecular complexity index is 751. The molecule has 5 nitrogen and oxygen atoms in total. The molecule has 0 spiro atoms. The number of halogens is 1. The molecule has 26 heavy (non-hydrogen) atoms. The fourth-order valence-electron chi connectivity index (χ4n) is 3.15. The van der Waals surface area contributed by atoms with Crippen molar-refractivity contribution in [2.24, 2.45) is 5.73 Å². The molecule has 3 rings (SSSR count). The highest BCUT2D eigenvalue weighted by atomic mass is 35.5. The van der Waals surface area contributed by atoms with Crippen molar-refractivity contribution in [1.29, 1.82) is 0 Å². The van der Waals surface area contributed by atoms with E-state index in [1.807, 2.05) is 48.5 Å². The van der Waals surface area contributed by atoms with E-state index in [4.69, 9.17) is 26.8 Å². The number of nitrogens with one attached hydrogen (secondary N) is 1. The summed E-state index contributed by atoms with van der Waals surface area (Å²) in [5, 5.41) is 3.68. The number of amides is 1. The van der Waals surface area contributed by atoms with Crippen LogP contribution in [0.15, 0.2) is 48.5 Å². The maximum Gasteiger partial charge on any atom is 0.249 e. The lowest BCUT2D eigenvalue weighted by atomic mass is 9.98. The zero-order chi connectivity index (χ0) is 18.5. The van der Waals surface area contributed by atoms with Gasteiger partial charge in [0.05, 0.1) is 19.3 Å². The maximum absolute atomic E-state index is 12.8. The normalized spacial score (nSPS) is 20.6. The lowest BCUT2D eigenvalue weighted by Crippen LogP contribution is -2.38. The van der Waals surface area contributed by atoms with Crippen molar-refractivity contribution in [3.63, 3.8) is 0 Å². The first-order valence-electron chi connectivity index (χ1n) is 8.66. The molecule has 1 amide bonds. The quantitative estimate of drug-likeness (QED) is 0.815. The van der Waals surface area contributed by atoms with Gasteiger partial charge in [-0.3, -0.25) is 4.79 Å². The van der Waals surface area contributed by atoms with E-state index in [9.17, 15) is 4.79 Å². The third kappa shape index (κ3) is 4.18. The Balaban J connectivity index is 1.85. The van der Waals surface area contributed by atoms with Gasteiger partial charge in [0.15, 0.2) is 0 Å². The highest BCUT2D eigenvalue weighted by molar-refractivity contribution is 6.31. The van der Waals surface area contributed by atoms with E-state index in [-0.39, 0.29) is 18.1 Å². The topological polar surface area (TPSA) is 73.6 Å². The Morgan fingerprint density at radius 1 is 1.27 bits per heavy atom. The van der Waals surface area contributed by atoms with E-state index in [1.54, 1.807) is 7.11 Å². The smallest absolute Gasteiger partial charge is 0.249 e. The molecule has 3 N–H and O–H groups in total. The number of hydrogen-bond acceptors (Lipinski definition) is 4. The van der Waals surface area contributed by atoms with Crippen molar-refractivity contribution in [2.45, 2.75) is 31.1 Å². The van der Waals surface area contributed by atoms with Crippen LogP contribution in [0.2, 0.25) is 5.02 Å². The summed E-state index contributed by atoms with van der Waals surface area (Å²) in [5.41, 5.74) is 7.39. The van der Waals surface area contributed by atoms with Crippen LogP contribution in [0.5, 0.6) is 5.75 Å². The molecule has 1 aliphatic heterocycles. The molecule has 2 aromatic carbocycles. The number of hydrogen-bond donors (Lipinski definition) is 2. The van der Waals surface area contributed by atoms with E-state index in [0.29, 0.717) is 18.0 Å². The minimum atomic E-state index is -0.480. The first kappa shape index (κ1) is 18.7. The molecule has 0 radical (unpaired) electrons. The fraction of sp³-hybridized carbons (Fsp3) is 0.350. The van der Waals surface area contributed by atoms with Crippen molar-refractivity contribution in [3.05, 3.63) is 64.7 Å². The van der Waals surface area contributed by atoms with Gasteiger partial charge in [-0.15, -0.1) is 0 Å². The number of benzene rings is 2. The minimum Gasteiger partial charge on any atom is -0.497 e. The van der Waals surface area contributed by atoms with Crippen LogP contribution in [0, 0.1) is 0 Å². The number of rotatable bonds is 6. The number of nitrogens with two attached hydrogens (primary N) is 1. The van der Waals surface area contributed by atoms with Crippen molar-refractivity contribution in [3.8, 4) is 5.75 Å². The van der Waals surface area contributed by atoms with Crippen molar-refractivity contribution in [2.75, 3.05) is 13.7 Å². The maximum atomic E-state index is 12.8. The van der Waals surface area contributed by atoms with E-state index in [2.05, 4.69) is 5.32 Å². The van der Waals surface area contributed by atoms with Crippen LogP contribution in [0.25, 0.3) is 0 Å². The van der Waals surface area contributed by atoms with Gasteiger partial charge >= 0.3 is 0 Å². The lowest BCUT2D eigenvalue weighted by molar-refractivity contribution is -0.132. The molecule has 0 aromatic heterocycles. The van der Waals surface area contributed by atoms with Crippen molar-refractivity contribution in [1.82, 2.24) is 5.32 Å². The van der Waals surface area contributed by atoms with Gasteiger partial charge in [0.2, 0.25) is 5.91 Å². The van der Waals surface area contributed by atoms with E-state index in [0.717, 1.165) is 23.3 Å². The molecule has 1 unspecified atom stereocenters. The average molecular weight is 375 g/mol. The molecular weight excluding hydrogens is 352 g/mol. The largest absolute Gasteiger partial charge is 0.497 e. The monoisotopic (exact) mass is 374 g/mol. The molecule has 1 saturated heterocycles. The van der Waals surface area contributed by atoms with E-state index >= 15 is 0 Å². The van der Waals surface area contributed by atoms with Gasteiger partial charge in [-0.05, 0) is 42.2 Å². The van der Waals surface area contributed by atoms with Crippen molar-refractivity contribution >= 4 is 17.5 Å². The Hall–Kier alpha value is -2.08. The SMILES string of the molecule is COc1ccc(C(NC(=O)[C@@H]2CC[C@H](CN)O2)c2ccccc2Cl)cc1. The molecule has 0 bridgehead atoms. The Morgan fingerprint density at radius 3 is 2.62 bits per heavy atom. The van der Waals surface area contributed by atoms with Gasteiger partial charge in [0.25, 0.3) is 0 Å². The molecule has 1 aliphatic rings. The Morgan fingerprint density at radius 2 is 2.00 bits per heavy atom. The summed E-state index contributed by atoms with van der Waals surface area (Å²) in [6.07, 6.45) is 0.941. The summed E-state index contributed by atoms with van der Waals surface area (Å²) >= 11 is 6.39. The molecule has 1 heterocycles. The molecular formula is C20H23ClN2O3. The number of ether oxygens (including phenoxy) is 2. The number of carbonyl (C=O) groups is 1. The molecule has 3 atom stereocenters. The summed E-state index contributed by atoms with van der Waals surface area (Å²) in [6, 6.07) is 14.7. The molecule has 6 heteroatoms. The second-order valence-corrected chi connectivity index (χ2v) is 6.70. The lowest BCUT2D eigenvalue weighted by Gasteiger charge is -2.23. The zero-order valence-corrected chi connectivity index (χ0v) is 15.4. The minimum absolute atomic E-state index is 0.0505. The summed E-state index contributed by atoms with van der Waals surface area (Å²) in [6.45, 7) is 0.427. The van der Waals surface area contributed by atoms with Crippen LogP contribution in [-0.2, 0) is 9.53 Å². The van der Waals surface area contributed by atoms with Gasteiger partial charge in [0, 0.05) is 11.6 Å². The Labute approximate surface area is 158 Å². The first-order valence-corrected chi connectivity index (χ1v) is 9.04.